The number of benzene rings is 1. The van der Waals surface area contributed by atoms with E-state index in [0.29, 0.717) is 6.04 Å². The lowest BCUT2D eigenvalue weighted by Gasteiger charge is -2.33. The molecule has 2 rings (SSSR count). The molecule has 0 amide bonds. The van der Waals surface area contributed by atoms with Crippen molar-refractivity contribution in [2.24, 2.45) is 0 Å². The van der Waals surface area contributed by atoms with E-state index in [1.165, 1.54) is 25.0 Å². The molecule has 0 radical (unpaired) electrons. The summed E-state index contributed by atoms with van der Waals surface area (Å²) < 4.78 is 0. The summed E-state index contributed by atoms with van der Waals surface area (Å²) in [5.41, 5.74) is 3.16. The van der Waals surface area contributed by atoms with E-state index in [0.717, 1.165) is 12.5 Å². The molecule has 1 aliphatic carbocycles. The van der Waals surface area contributed by atoms with E-state index in [9.17, 15) is 0 Å². The van der Waals surface area contributed by atoms with Gasteiger partial charge < -0.3 is 5.32 Å². The Morgan fingerprint density at radius 3 is 2.94 bits per heavy atom. The maximum Gasteiger partial charge on any atom is 0.00807 e. The van der Waals surface area contributed by atoms with Crippen LogP contribution < -0.4 is 5.32 Å². The number of rotatable bonds is 7. The lowest BCUT2D eigenvalue weighted by Crippen LogP contribution is -2.33. The topological polar surface area (TPSA) is 12.0 Å². The second kappa shape index (κ2) is 6.46. The second-order valence-corrected chi connectivity index (χ2v) is 5.86. The van der Waals surface area contributed by atoms with E-state index in [1.54, 1.807) is 11.1 Å². The van der Waals surface area contributed by atoms with Crippen LogP contribution in [0.3, 0.4) is 0 Å². The highest BCUT2D eigenvalue weighted by Crippen LogP contribution is 2.38. The van der Waals surface area contributed by atoms with Crippen molar-refractivity contribution in [3.63, 3.8) is 0 Å². The third-order valence-electron chi connectivity index (χ3n) is 3.69. The SMILES string of the molecule is CCNC(CCSC)CC1Cc2ccccc21. The van der Waals surface area contributed by atoms with Gasteiger partial charge in [0.25, 0.3) is 0 Å². The van der Waals surface area contributed by atoms with Crippen LogP contribution in [0.2, 0.25) is 0 Å². The molecule has 0 spiro atoms. The molecule has 0 heterocycles. The van der Waals surface area contributed by atoms with Gasteiger partial charge in [-0.1, -0.05) is 31.2 Å². The Morgan fingerprint density at radius 1 is 1.41 bits per heavy atom. The maximum absolute atomic E-state index is 3.63. The van der Waals surface area contributed by atoms with Crippen LogP contribution in [0.5, 0.6) is 0 Å². The van der Waals surface area contributed by atoms with Crippen molar-refractivity contribution in [3.05, 3.63) is 35.4 Å². The normalized spacial score (nSPS) is 19.5. The van der Waals surface area contributed by atoms with Crippen LogP contribution >= 0.6 is 11.8 Å². The van der Waals surface area contributed by atoms with Crippen molar-refractivity contribution in [1.29, 1.82) is 0 Å². The Morgan fingerprint density at radius 2 is 2.24 bits per heavy atom. The predicted molar refractivity (Wildman–Crippen MR) is 78.0 cm³/mol. The summed E-state index contributed by atoms with van der Waals surface area (Å²) in [6.07, 6.45) is 6.10. The molecule has 1 nitrogen and oxygen atoms in total. The molecule has 2 heteroatoms. The Balaban J connectivity index is 1.87. The maximum atomic E-state index is 3.63. The van der Waals surface area contributed by atoms with Crippen molar-refractivity contribution >= 4 is 11.8 Å². The molecule has 94 valence electrons. The molecule has 0 saturated carbocycles. The largest absolute Gasteiger partial charge is 0.314 e. The number of fused-ring (bicyclic) bond motifs is 1. The van der Waals surface area contributed by atoms with E-state index in [4.69, 9.17) is 0 Å². The van der Waals surface area contributed by atoms with E-state index >= 15 is 0 Å². The Hall–Kier alpha value is -0.470. The van der Waals surface area contributed by atoms with Gasteiger partial charge in [0.05, 0.1) is 0 Å². The van der Waals surface area contributed by atoms with Crippen LogP contribution in [-0.4, -0.2) is 24.6 Å². The first-order chi connectivity index (χ1) is 8.35. The van der Waals surface area contributed by atoms with Crippen molar-refractivity contribution in [2.75, 3.05) is 18.6 Å². The number of thioether (sulfide) groups is 1. The van der Waals surface area contributed by atoms with Crippen LogP contribution in [0.25, 0.3) is 0 Å². The smallest absolute Gasteiger partial charge is 0.00807 e. The molecule has 0 aliphatic heterocycles. The summed E-state index contributed by atoms with van der Waals surface area (Å²) in [4.78, 5) is 0. The Bertz CT molecular complexity index is 351. The zero-order chi connectivity index (χ0) is 12.1. The highest BCUT2D eigenvalue weighted by atomic mass is 32.2. The fourth-order valence-electron chi connectivity index (χ4n) is 2.77. The van der Waals surface area contributed by atoms with E-state index < -0.39 is 0 Å². The standard InChI is InChI=1S/C15H23NS/c1-3-16-14(8-9-17-2)11-13-10-12-6-4-5-7-15(12)13/h4-7,13-14,16H,3,8-11H2,1-2H3. The lowest BCUT2D eigenvalue weighted by atomic mass is 9.74. The highest BCUT2D eigenvalue weighted by molar-refractivity contribution is 7.98. The van der Waals surface area contributed by atoms with Crippen LogP contribution in [0.4, 0.5) is 0 Å². The highest BCUT2D eigenvalue weighted by Gasteiger charge is 2.27. The quantitative estimate of drug-likeness (QED) is 0.794. The first-order valence-electron chi connectivity index (χ1n) is 6.65. The van der Waals surface area contributed by atoms with Gasteiger partial charge >= 0.3 is 0 Å². The molecule has 1 N–H and O–H groups in total. The summed E-state index contributed by atoms with van der Waals surface area (Å²) >= 11 is 1.95. The van der Waals surface area contributed by atoms with Crippen LogP contribution in [0.1, 0.15) is 36.8 Å². The van der Waals surface area contributed by atoms with Gasteiger partial charge in [0, 0.05) is 6.04 Å². The second-order valence-electron chi connectivity index (χ2n) is 4.87. The first-order valence-corrected chi connectivity index (χ1v) is 8.04. The zero-order valence-electron chi connectivity index (χ0n) is 10.9. The summed E-state index contributed by atoms with van der Waals surface area (Å²) in [5, 5.41) is 3.63. The minimum absolute atomic E-state index is 0.700. The molecule has 2 atom stereocenters. The molecule has 0 bridgehead atoms. The van der Waals surface area contributed by atoms with Gasteiger partial charge in [-0.25, -0.2) is 0 Å². The molecule has 2 unspecified atom stereocenters. The van der Waals surface area contributed by atoms with E-state index in [1.807, 2.05) is 11.8 Å². The van der Waals surface area contributed by atoms with Crippen LogP contribution in [-0.2, 0) is 6.42 Å². The van der Waals surface area contributed by atoms with Gasteiger partial charge in [-0.2, -0.15) is 11.8 Å². The number of hydrogen-bond donors (Lipinski definition) is 1. The fraction of sp³-hybridized carbons (Fsp3) is 0.600. The van der Waals surface area contributed by atoms with Gasteiger partial charge in [0.2, 0.25) is 0 Å². The van der Waals surface area contributed by atoms with Crippen molar-refractivity contribution < 1.29 is 0 Å². The van der Waals surface area contributed by atoms with E-state index in [2.05, 4.69) is 42.8 Å². The van der Waals surface area contributed by atoms with E-state index in [-0.39, 0.29) is 0 Å². The summed E-state index contributed by atoms with van der Waals surface area (Å²) in [5.74, 6) is 2.07. The van der Waals surface area contributed by atoms with Crippen molar-refractivity contribution in [3.8, 4) is 0 Å². The average Bonchev–Trinajstić information content (AvgIpc) is 2.33. The third-order valence-corrected chi connectivity index (χ3v) is 4.34. The Kier molecular flexibility index (Phi) is 4.93. The van der Waals surface area contributed by atoms with Crippen LogP contribution in [0.15, 0.2) is 24.3 Å². The van der Waals surface area contributed by atoms with Gasteiger partial charge in [0.15, 0.2) is 0 Å². The van der Waals surface area contributed by atoms with Crippen molar-refractivity contribution in [2.45, 2.75) is 38.1 Å². The predicted octanol–water partition coefficient (Wildman–Crippen LogP) is 3.45. The van der Waals surface area contributed by atoms with Gasteiger partial charge in [0.1, 0.15) is 0 Å². The van der Waals surface area contributed by atoms with Gasteiger partial charge in [-0.05, 0) is 54.9 Å². The van der Waals surface area contributed by atoms with Gasteiger partial charge in [-0.15, -0.1) is 0 Å². The molecular weight excluding hydrogens is 226 g/mol. The fourth-order valence-corrected chi connectivity index (χ4v) is 3.29. The van der Waals surface area contributed by atoms with Gasteiger partial charge in [-0.3, -0.25) is 0 Å². The summed E-state index contributed by atoms with van der Waals surface area (Å²) in [6, 6.07) is 9.61. The first kappa shape index (κ1) is 13.0. The van der Waals surface area contributed by atoms with Crippen molar-refractivity contribution in [1.82, 2.24) is 5.32 Å². The molecule has 1 aromatic rings. The molecular formula is C15H23NS. The number of hydrogen-bond acceptors (Lipinski definition) is 2. The minimum atomic E-state index is 0.700. The molecule has 0 saturated heterocycles. The molecule has 0 fully saturated rings. The lowest BCUT2D eigenvalue weighted by molar-refractivity contribution is 0.417. The number of nitrogens with one attached hydrogen (secondary N) is 1. The average molecular weight is 249 g/mol. The van der Waals surface area contributed by atoms with Crippen LogP contribution in [0, 0.1) is 0 Å². The third kappa shape index (κ3) is 3.26. The summed E-state index contributed by atoms with van der Waals surface area (Å²) in [6.45, 7) is 3.30. The molecule has 1 aliphatic rings. The summed E-state index contributed by atoms with van der Waals surface area (Å²) in [7, 11) is 0. The molecule has 0 aromatic heterocycles. The zero-order valence-corrected chi connectivity index (χ0v) is 11.7. The monoisotopic (exact) mass is 249 g/mol. The molecule has 1 aromatic carbocycles. The molecule has 17 heavy (non-hydrogen) atoms. The Labute approximate surface area is 109 Å². The minimum Gasteiger partial charge on any atom is -0.314 e.